The number of carbonyl (C=O) groups excluding carboxylic acids is 1. The first-order valence-corrected chi connectivity index (χ1v) is 10.6. The Hall–Kier alpha value is -2.02. The highest BCUT2D eigenvalue weighted by molar-refractivity contribution is 7.15. The molecule has 0 radical (unpaired) electrons. The van der Waals surface area contributed by atoms with Crippen LogP contribution in [0.5, 0.6) is 0 Å². The monoisotopic (exact) mass is 383 g/mol. The zero-order valence-corrected chi connectivity index (χ0v) is 16.1. The number of benzene rings is 1. The Labute approximate surface area is 161 Å². The standard InChI is InChI=1S/C20H21N3OS2/c24-19(7-6-16-9-11-25-14-16)22-20-21-17-8-10-23(13-18(17)26-20)12-15-4-2-1-3-5-15/h1-5,9,11,14H,6-8,10,12-13H2,(H,21,22,24). The van der Waals surface area contributed by atoms with Gasteiger partial charge in [0.2, 0.25) is 5.91 Å². The highest BCUT2D eigenvalue weighted by Crippen LogP contribution is 2.29. The molecule has 134 valence electrons. The van der Waals surface area contributed by atoms with E-state index in [1.807, 2.05) is 11.4 Å². The van der Waals surface area contributed by atoms with Crippen LogP contribution < -0.4 is 5.32 Å². The van der Waals surface area contributed by atoms with Crippen molar-refractivity contribution in [1.82, 2.24) is 9.88 Å². The fraction of sp³-hybridized carbons (Fsp3) is 0.300. The molecule has 1 N–H and O–H groups in total. The average Bonchev–Trinajstić information content (AvgIpc) is 3.29. The molecule has 26 heavy (non-hydrogen) atoms. The van der Waals surface area contributed by atoms with Crippen molar-refractivity contribution in [2.75, 3.05) is 11.9 Å². The summed E-state index contributed by atoms with van der Waals surface area (Å²) in [6.07, 6.45) is 2.23. The second-order valence-electron chi connectivity index (χ2n) is 6.51. The van der Waals surface area contributed by atoms with Crippen LogP contribution in [0.2, 0.25) is 0 Å². The minimum atomic E-state index is 0.0449. The van der Waals surface area contributed by atoms with Crippen molar-refractivity contribution in [2.24, 2.45) is 0 Å². The summed E-state index contributed by atoms with van der Waals surface area (Å²) in [6.45, 7) is 2.88. The molecule has 0 unspecified atom stereocenters. The van der Waals surface area contributed by atoms with E-state index < -0.39 is 0 Å². The van der Waals surface area contributed by atoms with Gasteiger partial charge in [-0.2, -0.15) is 11.3 Å². The number of aryl methyl sites for hydroxylation is 1. The van der Waals surface area contributed by atoms with Crippen molar-refractivity contribution in [3.05, 3.63) is 68.9 Å². The molecular weight excluding hydrogens is 362 g/mol. The largest absolute Gasteiger partial charge is 0.302 e. The summed E-state index contributed by atoms with van der Waals surface area (Å²) in [5.41, 5.74) is 3.70. The fourth-order valence-electron chi connectivity index (χ4n) is 3.15. The van der Waals surface area contributed by atoms with E-state index in [1.54, 1.807) is 22.7 Å². The molecule has 1 aromatic carbocycles. The number of carbonyl (C=O) groups is 1. The normalized spacial score (nSPS) is 14.2. The fourth-order valence-corrected chi connectivity index (χ4v) is 4.92. The maximum atomic E-state index is 12.2. The number of nitrogens with one attached hydrogen (secondary N) is 1. The molecule has 0 spiro atoms. The molecule has 3 heterocycles. The molecule has 1 aliphatic heterocycles. The number of nitrogens with zero attached hydrogens (tertiary/aromatic N) is 2. The molecule has 0 aliphatic carbocycles. The molecule has 0 saturated carbocycles. The predicted octanol–water partition coefficient (Wildman–Crippen LogP) is 4.33. The van der Waals surface area contributed by atoms with Crippen LogP contribution >= 0.6 is 22.7 Å². The average molecular weight is 384 g/mol. The van der Waals surface area contributed by atoms with Gasteiger partial charge < -0.3 is 5.32 Å². The number of fused-ring (bicyclic) bond motifs is 1. The number of aromatic nitrogens is 1. The number of amides is 1. The summed E-state index contributed by atoms with van der Waals surface area (Å²) in [5, 5.41) is 7.86. The first kappa shape index (κ1) is 17.4. The molecular formula is C20H21N3OS2. The molecule has 3 aromatic rings. The lowest BCUT2D eigenvalue weighted by Crippen LogP contribution is -2.29. The van der Waals surface area contributed by atoms with Gasteiger partial charge >= 0.3 is 0 Å². The van der Waals surface area contributed by atoms with Crippen molar-refractivity contribution >= 4 is 33.7 Å². The van der Waals surface area contributed by atoms with E-state index in [9.17, 15) is 4.79 Å². The van der Waals surface area contributed by atoms with Crippen molar-refractivity contribution in [2.45, 2.75) is 32.4 Å². The van der Waals surface area contributed by atoms with Crippen LogP contribution in [0.15, 0.2) is 47.2 Å². The summed E-state index contributed by atoms with van der Waals surface area (Å²) in [4.78, 5) is 20.5. The lowest BCUT2D eigenvalue weighted by molar-refractivity contribution is -0.116. The molecule has 1 aliphatic rings. The molecule has 6 heteroatoms. The Balaban J connectivity index is 1.33. The van der Waals surface area contributed by atoms with Gasteiger partial charge in [-0.3, -0.25) is 9.69 Å². The van der Waals surface area contributed by atoms with Crippen LogP contribution in [0.3, 0.4) is 0 Å². The highest BCUT2D eigenvalue weighted by atomic mass is 32.1. The quantitative estimate of drug-likeness (QED) is 0.689. The summed E-state index contributed by atoms with van der Waals surface area (Å²) in [6, 6.07) is 12.6. The number of hydrogen-bond donors (Lipinski definition) is 1. The van der Waals surface area contributed by atoms with E-state index in [4.69, 9.17) is 0 Å². The predicted molar refractivity (Wildman–Crippen MR) is 108 cm³/mol. The van der Waals surface area contributed by atoms with Crippen LogP contribution in [0, 0.1) is 0 Å². The van der Waals surface area contributed by atoms with Gasteiger partial charge in [-0.1, -0.05) is 30.3 Å². The number of hydrogen-bond acceptors (Lipinski definition) is 5. The van der Waals surface area contributed by atoms with Gasteiger partial charge in [0.1, 0.15) is 0 Å². The number of thiophene rings is 1. The molecule has 4 nitrogen and oxygen atoms in total. The summed E-state index contributed by atoms with van der Waals surface area (Å²) in [7, 11) is 0. The Morgan fingerprint density at radius 1 is 1.19 bits per heavy atom. The van der Waals surface area contributed by atoms with E-state index in [0.29, 0.717) is 6.42 Å². The van der Waals surface area contributed by atoms with Crippen LogP contribution in [0.1, 0.15) is 28.1 Å². The Kier molecular flexibility index (Phi) is 5.43. The first-order chi connectivity index (χ1) is 12.8. The van der Waals surface area contributed by atoms with Gasteiger partial charge in [0.25, 0.3) is 0 Å². The van der Waals surface area contributed by atoms with Crippen molar-refractivity contribution in [1.29, 1.82) is 0 Å². The molecule has 1 amide bonds. The second kappa shape index (κ2) is 8.12. The van der Waals surface area contributed by atoms with E-state index in [-0.39, 0.29) is 5.91 Å². The van der Waals surface area contributed by atoms with Crippen LogP contribution in [-0.2, 0) is 30.7 Å². The van der Waals surface area contributed by atoms with Crippen molar-refractivity contribution in [3.63, 3.8) is 0 Å². The molecule has 4 rings (SSSR count). The van der Waals surface area contributed by atoms with Crippen molar-refractivity contribution in [3.8, 4) is 0 Å². The summed E-state index contributed by atoms with van der Waals surface area (Å²) in [5.74, 6) is 0.0449. The van der Waals surface area contributed by atoms with Gasteiger partial charge in [0.15, 0.2) is 5.13 Å². The maximum absolute atomic E-state index is 12.2. The molecule has 0 bridgehead atoms. The van der Waals surface area contributed by atoms with E-state index in [0.717, 1.165) is 43.3 Å². The Morgan fingerprint density at radius 2 is 2.08 bits per heavy atom. The van der Waals surface area contributed by atoms with Gasteiger partial charge in [0.05, 0.1) is 5.69 Å². The SMILES string of the molecule is O=C(CCc1ccsc1)Nc1nc2c(s1)CN(Cc1ccccc1)CC2. The van der Waals surface area contributed by atoms with Crippen LogP contribution in [-0.4, -0.2) is 22.3 Å². The maximum Gasteiger partial charge on any atom is 0.226 e. The van der Waals surface area contributed by atoms with E-state index in [2.05, 4.69) is 50.9 Å². The van der Waals surface area contributed by atoms with Gasteiger partial charge in [-0.25, -0.2) is 4.98 Å². The third kappa shape index (κ3) is 4.38. The second-order valence-corrected chi connectivity index (χ2v) is 8.38. The zero-order chi connectivity index (χ0) is 17.8. The molecule has 0 fully saturated rings. The number of anilines is 1. The summed E-state index contributed by atoms with van der Waals surface area (Å²) >= 11 is 3.29. The van der Waals surface area contributed by atoms with E-state index in [1.165, 1.54) is 16.0 Å². The van der Waals surface area contributed by atoms with Gasteiger partial charge in [0, 0.05) is 37.4 Å². The van der Waals surface area contributed by atoms with Gasteiger partial charge in [-0.05, 0) is 34.4 Å². The molecule has 0 atom stereocenters. The third-order valence-electron chi connectivity index (χ3n) is 4.53. The van der Waals surface area contributed by atoms with Crippen LogP contribution in [0.4, 0.5) is 5.13 Å². The number of rotatable bonds is 6. The number of thiazole rings is 1. The molecule has 0 saturated heterocycles. The van der Waals surface area contributed by atoms with E-state index >= 15 is 0 Å². The van der Waals surface area contributed by atoms with Gasteiger partial charge in [-0.15, -0.1) is 11.3 Å². The minimum Gasteiger partial charge on any atom is -0.302 e. The first-order valence-electron chi connectivity index (χ1n) is 8.82. The summed E-state index contributed by atoms with van der Waals surface area (Å²) < 4.78 is 0. The Bertz CT molecular complexity index is 859. The zero-order valence-electron chi connectivity index (χ0n) is 14.5. The topological polar surface area (TPSA) is 45.2 Å². The third-order valence-corrected chi connectivity index (χ3v) is 6.26. The highest BCUT2D eigenvalue weighted by Gasteiger charge is 2.21. The Morgan fingerprint density at radius 3 is 2.88 bits per heavy atom. The lowest BCUT2D eigenvalue weighted by atomic mass is 10.1. The molecule has 2 aromatic heterocycles. The minimum absolute atomic E-state index is 0.0449. The smallest absolute Gasteiger partial charge is 0.226 e. The lowest BCUT2D eigenvalue weighted by Gasteiger charge is -2.25. The van der Waals surface area contributed by atoms with Crippen molar-refractivity contribution < 1.29 is 4.79 Å². The van der Waals surface area contributed by atoms with Crippen LogP contribution in [0.25, 0.3) is 0 Å².